The lowest BCUT2D eigenvalue weighted by Gasteiger charge is -2.32. The van der Waals surface area contributed by atoms with Crippen LogP contribution in [-0.2, 0) is 0 Å². The second kappa shape index (κ2) is 2.32. The van der Waals surface area contributed by atoms with E-state index in [9.17, 15) is 0 Å². The largest absolute Gasteiger partial charge is 0.0625 e. The van der Waals surface area contributed by atoms with Crippen molar-refractivity contribution >= 4 is 0 Å². The highest BCUT2D eigenvalue weighted by Gasteiger charge is 2.23. The van der Waals surface area contributed by atoms with E-state index in [-0.39, 0.29) is 0 Å². The molecule has 9 heavy (non-hydrogen) atoms. The van der Waals surface area contributed by atoms with Crippen molar-refractivity contribution in [3.05, 3.63) is 0 Å². The van der Waals surface area contributed by atoms with Gasteiger partial charge in [0.25, 0.3) is 0 Å². The van der Waals surface area contributed by atoms with Gasteiger partial charge in [0.1, 0.15) is 0 Å². The molecule has 0 aromatic heterocycles. The van der Waals surface area contributed by atoms with Crippen LogP contribution in [0.3, 0.4) is 0 Å². The van der Waals surface area contributed by atoms with E-state index in [0.29, 0.717) is 6.92 Å². The molecule has 0 heteroatoms. The average Bonchev–Trinajstić information content (AvgIpc) is 2.21. The molecule has 0 spiro atoms. The van der Waals surface area contributed by atoms with Crippen molar-refractivity contribution in [2.75, 3.05) is 0 Å². The Morgan fingerprint density at radius 3 is 2.56 bits per heavy atom. The summed E-state index contributed by atoms with van der Waals surface area (Å²) in [6.45, 7) is -7.27. The monoisotopic (exact) mass is 141 g/mol. The number of rotatable bonds is 0. The van der Waals surface area contributed by atoms with Gasteiger partial charge in [-0.25, -0.2) is 0 Å². The van der Waals surface area contributed by atoms with Gasteiger partial charge in [0.05, 0.1) is 0 Å². The van der Waals surface area contributed by atoms with E-state index in [4.69, 9.17) is 20.6 Å². The fourth-order valence-electron chi connectivity index (χ4n) is 0.438. The van der Waals surface area contributed by atoms with Crippen LogP contribution in [-0.4, -0.2) is 0 Å². The molecule has 0 aromatic carbocycles. The first-order chi connectivity index (χ1) is 10.0. The maximum Gasteiger partial charge on any atom is 0.0300 e. The van der Waals surface area contributed by atoms with Crippen molar-refractivity contribution in [2.24, 2.45) is 11.3 Å². The first-order valence-corrected chi connectivity index (χ1v) is 2.50. The summed E-state index contributed by atoms with van der Waals surface area (Å²) in [7, 11) is 0. The summed E-state index contributed by atoms with van der Waals surface area (Å²) in [5.41, 5.74) is -4.03. The predicted molar refractivity (Wildman–Crippen MR) is 41.4 cm³/mol. The second-order valence-electron chi connectivity index (χ2n) is 1.88. The molecule has 0 nitrogen and oxygen atoms in total. The Bertz CT molecular complexity index is 472. The van der Waals surface area contributed by atoms with Gasteiger partial charge in [0.15, 0.2) is 0 Å². The number of hydrogen-bond acceptors (Lipinski definition) is 0. The third-order valence-corrected chi connectivity index (χ3v) is 0.875. The highest BCUT2D eigenvalue weighted by Crippen LogP contribution is 2.37. The summed E-state index contributed by atoms with van der Waals surface area (Å²) in [6.07, 6.45) is -15.1. The zero-order valence-electron chi connectivity index (χ0n) is 20.0. The van der Waals surface area contributed by atoms with Gasteiger partial charge >= 0.3 is 0 Å². The lowest BCUT2D eigenvalue weighted by Crippen LogP contribution is -2.19. The molecular formula is C9H18. The van der Waals surface area contributed by atoms with Gasteiger partial charge in [0, 0.05) is 20.6 Å². The molecule has 0 radical (unpaired) electrons. The molecule has 54 valence electrons. The van der Waals surface area contributed by atoms with Gasteiger partial charge in [-0.05, 0) is 24.1 Å². The molecule has 1 aliphatic rings. The smallest absolute Gasteiger partial charge is 0.0300 e. The Morgan fingerprint density at radius 1 is 1.56 bits per heavy atom. The van der Waals surface area contributed by atoms with E-state index in [1.165, 1.54) is 0 Å². The molecule has 0 saturated heterocycles. The fourth-order valence-corrected chi connectivity index (χ4v) is 0.438. The Balaban J connectivity index is 4.23. The molecule has 0 N–H and O–H groups in total. The molecule has 0 aromatic rings. The van der Waals surface area contributed by atoms with E-state index in [0.717, 1.165) is 0 Å². The van der Waals surface area contributed by atoms with Crippen LogP contribution in [0.15, 0.2) is 0 Å². The molecule has 1 fully saturated rings. The molecule has 0 aliphatic heterocycles. The van der Waals surface area contributed by atoms with Gasteiger partial charge in [-0.15, -0.1) is 0 Å². The Kier molecular flexibility index (Phi) is 0.258. The number of hydrogen-bond donors (Lipinski definition) is 0. The minimum atomic E-state index is -4.03. The first-order valence-electron chi connectivity index (χ1n) is 10.0. The summed E-state index contributed by atoms with van der Waals surface area (Å²) >= 11 is 0. The Labute approximate surface area is 79.7 Å². The van der Waals surface area contributed by atoms with E-state index in [2.05, 4.69) is 0 Å². The molecular weight excluding hydrogens is 108 g/mol. The van der Waals surface area contributed by atoms with Crippen LogP contribution in [0.1, 0.15) is 66.7 Å². The zero-order valence-corrected chi connectivity index (χ0v) is 5.00. The molecule has 1 aliphatic carbocycles. The quantitative estimate of drug-likeness (QED) is 0.486. The summed E-state index contributed by atoms with van der Waals surface area (Å²) in [4.78, 5) is 0. The van der Waals surface area contributed by atoms with E-state index in [1.54, 1.807) is 0 Å². The highest BCUT2D eigenvalue weighted by molar-refractivity contribution is 4.76. The van der Waals surface area contributed by atoms with Crippen LogP contribution >= 0.6 is 0 Å². The Hall–Kier alpha value is 0. The van der Waals surface area contributed by atoms with Gasteiger partial charge in [-0.3, -0.25) is 0 Å². The average molecular weight is 141 g/mol. The molecule has 0 bridgehead atoms. The van der Waals surface area contributed by atoms with E-state index in [1.807, 2.05) is 0 Å². The highest BCUT2D eigenvalue weighted by atomic mass is 14.3. The summed E-state index contributed by atoms with van der Waals surface area (Å²) in [5.74, 6) is -3.10. The van der Waals surface area contributed by atoms with Crippen LogP contribution in [0.2, 0.25) is 0 Å². The van der Waals surface area contributed by atoms with Crippen molar-refractivity contribution in [2.45, 2.75) is 46.1 Å². The maximum atomic E-state index is 7.98. The maximum absolute atomic E-state index is 7.98. The molecule has 0 atom stereocenters. The molecule has 0 unspecified atom stereocenters. The van der Waals surface area contributed by atoms with Crippen LogP contribution in [0.5, 0.6) is 0 Å². The van der Waals surface area contributed by atoms with Crippen LogP contribution in [0.4, 0.5) is 0 Å². The normalized spacial score (nSPS) is 81.7. The van der Waals surface area contributed by atoms with Crippen LogP contribution in [0.25, 0.3) is 0 Å². The standard InChI is InChI=1S/C9H18/c1-8-4-6-9(2,3)7-5-8/h8H,4-7H2,1-3H3/i2D3,3D3,4D2,5D2,6D2,7D2,8D. The third-order valence-electron chi connectivity index (χ3n) is 0.875. The fraction of sp³-hybridized carbons (Fsp3) is 1.00. The van der Waals surface area contributed by atoms with Gasteiger partial charge < -0.3 is 0 Å². The van der Waals surface area contributed by atoms with Gasteiger partial charge in [-0.1, -0.05) is 33.4 Å². The predicted octanol–water partition coefficient (Wildman–Crippen LogP) is 3.22. The summed E-state index contributed by atoms with van der Waals surface area (Å²) in [6, 6.07) is 0. The minimum absolute atomic E-state index is 0.589. The van der Waals surface area contributed by atoms with Gasteiger partial charge in [-0.2, -0.15) is 0 Å². The lowest BCUT2D eigenvalue weighted by molar-refractivity contribution is 0.201. The van der Waals surface area contributed by atoms with E-state index >= 15 is 0 Å². The van der Waals surface area contributed by atoms with Crippen molar-refractivity contribution in [1.82, 2.24) is 0 Å². The van der Waals surface area contributed by atoms with Crippen molar-refractivity contribution in [3.63, 3.8) is 0 Å². The minimum Gasteiger partial charge on any atom is -0.0625 e. The lowest BCUT2D eigenvalue weighted by atomic mass is 9.74. The third kappa shape index (κ3) is 2.00. The summed E-state index contributed by atoms with van der Waals surface area (Å²) in [5, 5.41) is 0. The summed E-state index contributed by atoms with van der Waals surface area (Å²) < 4.78 is 116. The Morgan fingerprint density at radius 2 is 2.11 bits per heavy atom. The first kappa shape index (κ1) is 1.00. The van der Waals surface area contributed by atoms with Crippen LogP contribution < -0.4 is 0 Å². The SMILES string of the molecule is [2H]C([2H])([2H])C1(C([2H])([2H])[2H])C([2H])([2H])C([2H])([2H])C([2H])(C)C([2H])([2H])C1([2H])[2H]. The van der Waals surface area contributed by atoms with Crippen molar-refractivity contribution < 1.29 is 20.6 Å². The zero-order chi connectivity index (χ0) is 20.0. The second-order valence-corrected chi connectivity index (χ2v) is 1.88. The molecule has 0 amide bonds. The topological polar surface area (TPSA) is 0 Å². The van der Waals surface area contributed by atoms with Crippen molar-refractivity contribution in [3.8, 4) is 0 Å². The van der Waals surface area contributed by atoms with E-state index < -0.39 is 50.5 Å². The molecule has 0 heterocycles. The van der Waals surface area contributed by atoms with Gasteiger partial charge in [0.2, 0.25) is 0 Å². The van der Waals surface area contributed by atoms with Crippen molar-refractivity contribution in [1.29, 1.82) is 0 Å². The molecule has 1 saturated carbocycles. The van der Waals surface area contributed by atoms with Crippen LogP contribution in [0, 0.1) is 11.3 Å². The molecule has 1 rings (SSSR count).